The first-order valence-electron chi connectivity index (χ1n) is 6.49. The summed E-state index contributed by atoms with van der Waals surface area (Å²) in [7, 11) is 0. The number of carboxylic acid groups (broad SMARTS) is 1. The lowest BCUT2D eigenvalue weighted by atomic mass is 9.99. The summed E-state index contributed by atoms with van der Waals surface area (Å²) in [5, 5.41) is 10.5. The van der Waals surface area contributed by atoms with Crippen molar-refractivity contribution in [3.63, 3.8) is 0 Å². The van der Waals surface area contributed by atoms with Crippen LogP contribution in [0.1, 0.15) is 47.7 Å². The zero-order chi connectivity index (χ0) is 13.4. The smallest absolute Gasteiger partial charge is 0.336 e. The average molecular weight is 276 g/mol. The number of carbonyl (C=O) groups is 1. The van der Waals surface area contributed by atoms with Gasteiger partial charge in [0.2, 0.25) is 0 Å². The fourth-order valence-electron chi connectivity index (χ4n) is 2.84. The number of halogens is 1. The van der Waals surface area contributed by atoms with E-state index in [-0.39, 0.29) is 0 Å². The summed E-state index contributed by atoms with van der Waals surface area (Å²) in [5.41, 5.74) is 1.77. The van der Waals surface area contributed by atoms with Crippen LogP contribution in [-0.4, -0.2) is 16.1 Å². The Labute approximate surface area is 116 Å². The minimum Gasteiger partial charge on any atom is -0.478 e. The van der Waals surface area contributed by atoms with Gasteiger partial charge < -0.3 is 5.11 Å². The van der Waals surface area contributed by atoms with E-state index in [9.17, 15) is 9.90 Å². The van der Waals surface area contributed by atoms with E-state index in [1.807, 2.05) is 0 Å². The number of fused-ring (bicyclic) bond motifs is 1. The first-order valence-corrected chi connectivity index (χ1v) is 6.87. The van der Waals surface area contributed by atoms with Crippen molar-refractivity contribution in [1.29, 1.82) is 0 Å². The fourth-order valence-corrected chi connectivity index (χ4v) is 3.06. The van der Waals surface area contributed by atoms with Crippen LogP contribution >= 0.6 is 11.6 Å². The third-order valence-electron chi connectivity index (χ3n) is 3.81. The molecule has 4 heteroatoms. The highest BCUT2D eigenvalue weighted by Crippen LogP contribution is 2.35. The van der Waals surface area contributed by atoms with E-state index in [4.69, 9.17) is 11.6 Å². The van der Waals surface area contributed by atoms with Crippen LogP contribution in [-0.2, 0) is 0 Å². The van der Waals surface area contributed by atoms with Crippen LogP contribution in [0.4, 0.5) is 0 Å². The molecule has 98 valence electrons. The van der Waals surface area contributed by atoms with Gasteiger partial charge in [0, 0.05) is 17.0 Å². The number of para-hydroxylation sites is 1. The Morgan fingerprint density at radius 2 is 2.05 bits per heavy atom. The second kappa shape index (κ2) is 4.82. The van der Waals surface area contributed by atoms with Crippen LogP contribution < -0.4 is 0 Å². The van der Waals surface area contributed by atoms with Crippen molar-refractivity contribution >= 4 is 28.5 Å². The Morgan fingerprint density at radius 3 is 2.74 bits per heavy atom. The molecule has 0 saturated heterocycles. The van der Waals surface area contributed by atoms with Crippen LogP contribution in [0, 0.1) is 0 Å². The highest BCUT2D eigenvalue weighted by Gasteiger charge is 2.22. The topological polar surface area (TPSA) is 50.2 Å². The van der Waals surface area contributed by atoms with Gasteiger partial charge in [-0.2, -0.15) is 0 Å². The van der Waals surface area contributed by atoms with Gasteiger partial charge in [0.1, 0.15) is 0 Å². The highest BCUT2D eigenvalue weighted by molar-refractivity contribution is 6.35. The standard InChI is InChI=1S/C15H14ClNO2/c16-12-7-3-6-10-11(15(18)19)8-13(17-14(10)12)9-4-1-2-5-9/h3,6-9H,1-2,4-5H2,(H,18,19). The molecule has 1 aliphatic carbocycles. The van der Waals surface area contributed by atoms with Gasteiger partial charge in [-0.05, 0) is 25.0 Å². The zero-order valence-corrected chi connectivity index (χ0v) is 11.2. The molecule has 0 bridgehead atoms. The third-order valence-corrected chi connectivity index (χ3v) is 4.12. The Balaban J connectivity index is 2.25. The van der Waals surface area contributed by atoms with E-state index in [2.05, 4.69) is 4.98 Å². The summed E-state index contributed by atoms with van der Waals surface area (Å²) < 4.78 is 0. The molecule has 1 aromatic carbocycles. The second-order valence-corrected chi connectivity index (χ2v) is 5.42. The van der Waals surface area contributed by atoms with Gasteiger partial charge in [0.25, 0.3) is 0 Å². The molecule has 1 aromatic heterocycles. The number of aromatic carboxylic acids is 1. The summed E-state index contributed by atoms with van der Waals surface area (Å²) in [6, 6.07) is 6.99. The molecule has 3 nitrogen and oxygen atoms in total. The number of nitrogens with zero attached hydrogens (tertiary/aromatic N) is 1. The molecule has 1 aliphatic rings. The largest absolute Gasteiger partial charge is 0.478 e. The number of aromatic nitrogens is 1. The molecule has 0 aliphatic heterocycles. The molecule has 0 atom stereocenters. The van der Waals surface area contributed by atoms with Crippen molar-refractivity contribution in [2.75, 3.05) is 0 Å². The lowest BCUT2D eigenvalue weighted by Gasteiger charge is -2.12. The summed E-state index contributed by atoms with van der Waals surface area (Å²) in [5.74, 6) is -0.548. The third kappa shape index (κ3) is 2.19. The number of rotatable bonds is 2. The van der Waals surface area contributed by atoms with Crippen LogP contribution in [0.15, 0.2) is 24.3 Å². The molecule has 1 fully saturated rings. The maximum absolute atomic E-state index is 11.4. The molecule has 0 radical (unpaired) electrons. The molecular formula is C15H14ClNO2. The van der Waals surface area contributed by atoms with Crippen molar-refractivity contribution in [1.82, 2.24) is 4.98 Å². The van der Waals surface area contributed by atoms with Crippen molar-refractivity contribution in [3.05, 3.63) is 40.5 Å². The molecule has 1 N–H and O–H groups in total. The summed E-state index contributed by atoms with van der Waals surface area (Å²) in [4.78, 5) is 16.0. The van der Waals surface area contributed by atoms with E-state index < -0.39 is 5.97 Å². The SMILES string of the molecule is O=C(O)c1cc(C2CCCC2)nc2c(Cl)cccc12. The van der Waals surface area contributed by atoms with E-state index in [1.54, 1.807) is 24.3 Å². The minimum absolute atomic E-state index is 0.300. The molecule has 3 rings (SSSR count). The first kappa shape index (κ1) is 12.4. The number of pyridine rings is 1. The number of benzene rings is 1. The number of hydrogen-bond donors (Lipinski definition) is 1. The predicted octanol–water partition coefficient (Wildman–Crippen LogP) is 4.24. The van der Waals surface area contributed by atoms with Gasteiger partial charge >= 0.3 is 5.97 Å². The van der Waals surface area contributed by atoms with E-state index in [0.29, 0.717) is 27.4 Å². The van der Waals surface area contributed by atoms with Crippen LogP contribution in [0.2, 0.25) is 5.02 Å². The maximum Gasteiger partial charge on any atom is 0.336 e. The molecule has 1 saturated carbocycles. The van der Waals surface area contributed by atoms with E-state index in [1.165, 1.54) is 12.8 Å². The maximum atomic E-state index is 11.4. The Hall–Kier alpha value is -1.61. The van der Waals surface area contributed by atoms with Crippen molar-refractivity contribution in [3.8, 4) is 0 Å². The van der Waals surface area contributed by atoms with Gasteiger partial charge in [-0.15, -0.1) is 0 Å². The second-order valence-electron chi connectivity index (χ2n) is 5.02. The molecule has 0 unspecified atom stereocenters. The normalized spacial score (nSPS) is 16.1. The molecular weight excluding hydrogens is 262 g/mol. The Morgan fingerprint density at radius 1 is 1.32 bits per heavy atom. The van der Waals surface area contributed by atoms with Gasteiger partial charge in [-0.1, -0.05) is 36.6 Å². The summed E-state index contributed by atoms with van der Waals surface area (Å²) in [6.45, 7) is 0. The first-order chi connectivity index (χ1) is 9.16. The quantitative estimate of drug-likeness (QED) is 0.892. The Kier molecular flexibility index (Phi) is 3.15. The van der Waals surface area contributed by atoms with Crippen molar-refractivity contribution < 1.29 is 9.90 Å². The molecule has 1 heterocycles. The van der Waals surface area contributed by atoms with Crippen molar-refractivity contribution in [2.45, 2.75) is 31.6 Å². The molecule has 0 amide bonds. The minimum atomic E-state index is -0.922. The summed E-state index contributed by atoms with van der Waals surface area (Å²) in [6.07, 6.45) is 4.55. The lowest BCUT2D eigenvalue weighted by molar-refractivity contribution is 0.0699. The lowest BCUT2D eigenvalue weighted by Crippen LogP contribution is -2.04. The molecule has 2 aromatic rings. The summed E-state index contributed by atoms with van der Waals surface area (Å²) >= 11 is 6.16. The van der Waals surface area contributed by atoms with Gasteiger partial charge in [-0.3, -0.25) is 4.98 Å². The van der Waals surface area contributed by atoms with E-state index >= 15 is 0 Å². The zero-order valence-electron chi connectivity index (χ0n) is 10.4. The van der Waals surface area contributed by atoms with E-state index in [0.717, 1.165) is 18.5 Å². The highest BCUT2D eigenvalue weighted by atomic mass is 35.5. The van der Waals surface area contributed by atoms with Crippen molar-refractivity contribution in [2.24, 2.45) is 0 Å². The predicted molar refractivity (Wildman–Crippen MR) is 74.9 cm³/mol. The fraction of sp³-hybridized carbons (Fsp3) is 0.333. The Bertz CT molecular complexity index is 648. The van der Waals surface area contributed by atoms with Gasteiger partial charge in [0.15, 0.2) is 0 Å². The van der Waals surface area contributed by atoms with Crippen LogP contribution in [0.25, 0.3) is 10.9 Å². The molecule has 19 heavy (non-hydrogen) atoms. The molecule has 0 spiro atoms. The van der Waals surface area contributed by atoms with Crippen LogP contribution in [0.5, 0.6) is 0 Å². The van der Waals surface area contributed by atoms with Gasteiger partial charge in [0.05, 0.1) is 16.1 Å². The average Bonchev–Trinajstić information content (AvgIpc) is 2.92. The van der Waals surface area contributed by atoms with Gasteiger partial charge in [-0.25, -0.2) is 4.79 Å². The van der Waals surface area contributed by atoms with Crippen LogP contribution in [0.3, 0.4) is 0 Å². The number of hydrogen-bond acceptors (Lipinski definition) is 2. The number of carboxylic acids is 1. The monoisotopic (exact) mass is 275 g/mol.